The second-order valence-corrected chi connectivity index (χ2v) is 5.83. The first-order valence-electron chi connectivity index (χ1n) is 5.98. The molecule has 0 bridgehead atoms. The maximum absolute atomic E-state index is 13.7. The topological polar surface area (TPSA) is 30.7 Å². The summed E-state index contributed by atoms with van der Waals surface area (Å²) in [6.07, 6.45) is 0. The van der Waals surface area contributed by atoms with Crippen LogP contribution in [0.4, 0.5) is 4.39 Å². The maximum atomic E-state index is 13.7. The molecule has 2 aromatic rings. The van der Waals surface area contributed by atoms with Gasteiger partial charge in [0.05, 0.1) is 0 Å². The van der Waals surface area contributed by atoms with E-state index in [2.05, 4.69) is 24.0 Å². The molecule has 0 spiro atoms. The standard InChI is InChI=1S/C13H15ClFN3S/c1-8(2)18-9(3)16-17-13(18)19-7-10-11(14)5-4-6-12(10)15/h4-6,8H,7H2,1-3H3. The van der Waals surface area contributed by atoms with Crippen molar-refractivity contribution in [1.29, 1.82) is 0 Å². The SMILES string of the molecule is Cc1nnc(SCc2c(F)cccc2Cl)n1C(C)C. The van der Waals surface area contributed by atoms with Crippen LogP contribution in [-0.2, 0) is 5.75 Å². The number of benzene rings is 1. The third-order valence-electron chi connectivity index (χ3n) is 2.76. The van der Waals surface area contributed by atoms with Crippen LogP contribution in [0.15, 0.2) is 23.4 Å². The Bertz CT molecular complexity index is 563. The fourth-order valence-corrected chi connectivity index (χ4v) is 3.31. The molecule has 0 saturated carbocycles. The number of aromatic nitrogens is 3. The van der Waals surface area contributed by atoms with Gasteiger partial charge in [-0.2, -0.15) is 0 Å². The molecule has 0 N–H and O–H groups in total. The second kappa shape index (κ2) is 5.92. The van der Waals surface area contributed by atoms with Crippen molar-refractivity contribution in [3.63, 3.8) is 0 Å². The van der Waals surface area contributed by atoms with Crippen molar-refractivity contribution >= 4 is 23.4 Å². The lowest BCUT2D eigenvalue weighted by Crippen LogP contribution is -2.05. The fraction of sp³-hybridized carbons (Fsp3) is 0.385. The Kier molecular flexibility index (Phi) is 4.47. The summed E-state index contributed by atoms with van der Waals surface area (Å²) in [7, 11) is 0. The maximum Gasteiger partial charge on any atom is 0.191 e. The number of nitrogens with zero attached hydrogens (tertiary/aromatic N) is 3. The number of rotatable bonds is 4. The van der Waals surface area contributed by atoms with Gasteiger partial charge < -0.3 is 4.57 Å². The van der Waals surface area contributed by atoms with Crippen molar-refractivity contribution in [3.05, 3.63) is 40.4 Å². The molecule has 0 atom stereocenters. The molecule has 102 valence electrons. The molecule has 6 heteroatoms. The van der Waals surface area contributed by atoms with Crippen LogP contribution in [0.2, 0.25) is 5.02 Å². The largest absolute Gasteiger partial charge is 0.304 e. The predicted molar refractivity (Wildman–Crippen MR) is 76.1 cm³/mol. The van der Waals surface area contributed by atoms with Crippen LogP contribution in [0.3, 0.4) is 0 Å². The highest BCUT2D eigenvalue weighted by atomic mass is 35.5. The zero-order valence-electron chi connectivity index (χ0n) is 11.0. The van der Waals surface area contributed by atoms with E-state index in [0.29, 0.717) is 16.3 Å². The number of thioether (sulfide) groups is 1. The smallest absolute Gasteiger partial charge is 0.191 e. The molecule has 0 fully saturated rings. The zero-order valence-corrected chi connectivity index (χ0v) is 12.6. The molecule has 2 rings (SSSR count). The molecule has 0 aliphatic carbocycles. The van der Waals surface area contributed by atoms with Crippen LogP contribution < -0.4 is 0 Å². The molecule has 0 unspecified atom stereocenters. The summed E-state index contributed by atoms with van der Waals surface area (Å²) in [6, 6.07) is 4.99. The first kappa shape index (κ1) is 14.3. The van der Waals surface area contributed by atoms with Gasteiger partial charge in [0.1, 0.15) is 11.6 Å². The van der Waals surface area contributed by atoms with Crippen LogP contribution in [0.1, 0.15) is 31.3 Å². The van der Waals surface area contributed by atoms with E-state index in [1.807, 2.05) is 11.5 Å². The van der Waals surface area contributed by atoms with Crippen molar-refractivity contribution in [2.75, 3.05) is 0 Å². The molecule has 1 aromatic carbocycles. The molecular weight excluding hydrogens is 285 g/mol. The Morgan fingerprint density at radius 3 is 2.74 bits per heavy atom. The van der Waals surface area contributed by atoms with Crippen LogP contribution in [0, 0.1) is 12.7 Å². The highest BCUT2D eigenvalue weighted by Gasteiger charge is 2.14. The second-order valence-electron chi connectivity index (χ2n) is 4.48. The number of hydrogen-bond donors (Lipinski definition) is 0. The molecule has 1 heterocycles. The average molecular weight is 300 g/mol. The van der Waals surface area contributed by atoms with Gasteiger partial charge in [0, 0.05) is 22.4 Å². The summed E-state index contributed by atoms with van der Waals surface area (Å²) >= 11 is 7.45. The minimum atomic E-state index is -0.285. The van der Waals surface area contributed by atoms with E-state index in [9.17, 15) is 4.39 Å². The first-order valence-corrected chi connectivity index (χ1v) is 7.34. The van der Waals surface area contributed by atoms with Gasteiger partial charge in [0.15, 0.2) is 5.16 Å². The molecule has 0 radical (unpaired) electrons. The molecule has 0 aliphatic rings. The lowest BCUT2D eigenvalue weighted by molar-refractivity contribution is 0.536. The van der Waals surface area contributed by atoms with E-state index in [1.165, 1.54) is 17.8 Å². The number of aryl methyl sites for hydroxylation is 1. The van der Waals surface area contributed by atoms with Crippen molar-refractivity contribution < 1.29 is 4.39 Å². The van der Waals surface area contributed by atoms with Crippen molar-refractivity contribution in [2.45, 2.75) is 37.7 Å². The van der Waals surface area contributed by atoms with Gasteiger partial charge in [-0.15, -0.1) is 10.2 Å². The molecule has 3 nitrogen and oxygen atoms in total. The highest BCUT2D eigenvalue weighted by molar-refractivity contribution is 7.98. The number of hydrogen-bond acceptors (Lipinski definition) is 3. The van der Waals surface area contributed by atoms with E-state index in [-0.39, 0.29) is 11.9 Å². The molecular formula is C13H15ClFN3S. The molecule has 1 aromatic heterocycles. The van der Waals surface area contributed by atoms with E-state index in [1.54, 1.807) is 12.1 Å². The van der Waals surface area contributed by atoms with E-state index >= 15 is 0 Å². The van der Waals surface area contributed by atoms with Crippen LogP contribution in [0.25, 0.3) is 0 Å². The van der Waals surface area contributed by atoms with Crippen LogP contribution in [-0.4, -0.2) is 14.8 Å². The van der Waals surface area contributed by atoms with Crippen molar-refractivity contribution in [2.24, 2.45) is 0 Å². The Hall–Kier alpha value is -1.07. The quantitative estimate of drug-likeness (QED) is 0.791. The summed E-state index contributed by atoms with van der Waals surface area (Å²) in [5.41, 5.74) is 0.505. The Morgan fingerprint density at radius 1 is 1.37 bits per heavy atom. The lowest BCUT2D eigenvalue weighted by atomic mass is 10.2. The first-order chi connectivity index (χ1) is 9.00. The summed E-state index contributed by atoms with van der Waals surface area (Å²) in [6.45, 7) is 6.04. The van der Waals surface area contributed by atoms with E-state index in [0.717, 1.165) is 11.0 Å². The van der Waals surface area contributed by atoms with Gasteiger partial charge in [-0.25, -0.2) is 4.39 Å². The summed E-state index contributed by atoms with van der Waals surface area (Å²) in [4.78, 5) is 0. The van der Waals surface area contributed by atoms with Gasteiger partial charge >= 0.3 is 0 Å². The van der Waals surface area contributed by atoms with Crippen LogP contribution >= 0.6 is 23.4 Å². The molecule has 19 heavy (non-hydrogen) atoms. The van der Waals surface area contributed by atoms with Gasteiger partial charge in [-0.05, 0) is 32.9 Å². The molecule has 0 amide bonds. The van der Waals surface area contributed by atoms with E-state index < -0.39 is 0 Å². The predicted octanol–water partition coefficient (Wildman–Crippen LogP) is 4.25. The van der Waals surface area contributed by atoms with E-state index in [4.69, 9.17) is 11.6 Å². The number of halogens is 2. The van der Waals surface area contributed by atoms with Crippen molar-refractivity contribution in [1.82, 2.24) is 14.8 Å². The highest BCUT2D eigenvalue weighted by Crippen LogP contribution is 2.29. The Labute approximate surface area is 121 Å². The monoisotopic (exact) mass is 299 g/mol. The summed E-state index contributed by atoms with van der Waals surface area (Å²) in [5, 5.41) is 9.41. The zero-order chi connectivity index (χ0) is 14.0. The van der Waals surface area contributed by atoms with Crippen molar-refractivity contribution in [3.8, 4) is 0 Å². The molecule has 0 saturated heterocycles. The summed E-state index contributed by atoms with van der Waals surface area (Å²) < 4.78 is 15.7. The minimum absolute atomic E-state index is 0.272. The third kappa shape index (κ3) is 3.09. The minimum Gasteiger partial charge on any atom is -0.304 e. The normalized spacial score (nSPS) is 11.3. The summed E-state index contributed by atoms with van der Waals surface area (Å²) in [5.74, 6) is 1.01. The van der Waals surface area contributed by atoms with Gasteiger partial charge in [-0.3, -0.25) is 0 Å². The average Bonchev–Trinajstić information content (AvgIpc) is 2.70. The Balaban J connectivity index is 2.20. The molecule has 0 aliphatic heterocycles. The lowest BCUT2D eigenvalue weighted by Gasteiger charge is -2.12. The Morgan fingerprint density at radius 2 is 2.11 bits per heavy atom. The third-order valence-corrected chi connectivity index (χ3v) is 4.08. The van der Waals surface area contributed by atoms with Gasteiger partial charge in [-0.1, -0.05) is 29.4 Å². The fourth-order valence-electron chi connectivity index (χ4n) is 1.85. The van der Waals surface area contributed by atoms with Gasteiger partial charge in [0.2, 0.25) is 0 Å². The van der Waals surface area contributed by atoms with Crippen LogP contribution in [0.5, 0.6) is 0 Å². The van der Waals surface area contributed by atoms with Gasteiger partial charge in [0.25, 0.3) is 0 Å².